The van der Waals surface area contributed by atoms with Crippen LogP contribution in [0.2, 0.25) is 0 Å². The number of aromatic amines is 1. The molecular formula is C24H32N6O. The highest BCUT2D eigenvalue weighted by Gasteiger charge is 2.34. The number of aromatic nitrogens is 5. The fraction of sp³-hybridized carbons (Fsp3) is 0.583. The second-order valence-corrected chi connectivity index (χ2v) is 9.37. The topological polar surface area (TPSA) is 79.7 Å². The van der Waals surface area contributed by atoms with E-state index in [1.165, 1.54) is 18.4 Å². The van der Waals surface area contributed by atoms with Crippen molar-refractivity contribution in [1.29, 1.82) is 0 Å². The Bertz CT molecular complexity index is 1100. The summed E-state index contributed by atoms with van der Waals surface area (Å²) in [6.45, 7) is 6.37. The van der Waals surface area contributed by atoms with Crippen molar-refractivity contribution < 1.29 is 0 Å². The van der Waals surface area contributed by atoms with Crippen LogP contribution in [0.25, 0.3) is 10.9 Å². The predicted molar refractivity (Wildman–Crippen MR) is 121 cm³/mol. The number of H-pyrrole nitrogens is 1. The van der Waals surface area contributed by atoms with Crippen LogP contribution in [0.3, 0.4) is 0 Å². The minimum absolute atomic E-state index is 0.0404. The zero-order valence-corrected chi connectivity index (χ0v) is 18.5. The largest absolute Gasteiger partial charge is 0.322 e. The van der Waals surface area contributed by atoms with Crippen LogP contribution in [-0.2, 0) is 6.42 Å². The van der Waals surface area contributed by atoms with Crippen molar-refractivity contribution in [3.63, 3.8) is 0 Å². The van der Waals surface area contributed by atoms with Crippen LogP contribution in [-0.4, -0.2) is 43.2 Å². The molecule has 7 nitrogen and oxygen atoms in total. The van der Waals surface area contributed by atoms with E-state index in [1.54, 1.807) is 0 Å². The van der Waals surface area contributed by atoms with Gasteiger partial charge in [0.05, 0.1) is 6.04 Å². The smallest absolute Gasteiger partial charge is 0.253 e. The summed E-state index contributed by atoms with van der Waals surface area (Å²) in [5.41, 5.74) is 2.86. The number of nitrogens with zero attached hydrogens (tertiary/aromatic N) is 5. The fourth-order valence-electron chi connectivity index (χ4n) is 5.27. The monoisotopic (exact) mass is 420 g/mol. The number of aryl methyl sites for hydroxylation is 1. The van der Waals surface area contributed by atoms with Crippen molar-refractivity contribution in [3.05, 3.63) is 51.6 Å². The summed E-state index contributed by atoms with van der Waals surface area (Å²) in [7, 11) is 0. The molecule has 2 aromatic heterocycles. The number of benzene rings is 1. The molecule has 2 aliphatic rings. The van der Waals surface area contributed by atoms with Crippen molar-refractivity contribution in [2.75, 3.05) is 13.1 Å². The van der Waals surface area contributed by atoms with E-state index >= 15 is 0 Å². The first-order valence-corrected chi connectivity index (χ1v) is 11.8. The van der Waals surface area contributed by atoms with Gasteiger partial charge in [0.2, 0.25) is 0 Å². The van der Waals surface area contributed by atoms with Gasteiger partial charge < -0.3 is 4.98 Å². The molecule has 1 aliphatic heterocycles. The summed E-state index contributed by atoms with van der Waals surface area (Å²) in [5, 5.41) is 14.0. The van der Waals surface area contributed by atoms with Crippen LogP contribution < -0.4 is 5.56 Å². The lowest BCUT2D eigenvalue weighted by Gasteiger charge is -2.36. The van der Waals surface area contributed by atoms with Crippen LogP contribution in [0.1, 0.15) is 81.4 Å². The van der Waals surface area contributed by atoms with Crippen molar-refractivity contribution in [2.24, 2.45) is 5.92 Å². The SMILES string of the molecule is CCc1ccc2[nH]c(=O)c([C@@H](c3nnnn3C3CCCC3)N3CCC(C)CC3)cc2c1. The summed E-state index contributed by atoms with van der Waals surface area (Å²) in [6, 6.07) is 8.47. The number of likely N-dealkylation sites (tertiary alicyclic amines) is 1. The van der Waals surface area contributed by atoms with Crippen molar-refractivity contribution in [1.82, 2.24) is 30.1 Å². The zero-order chi connectivity index (χ0) is 21.4. The predicted octanol–water partition coefficient (Wildman–Crippen LogP) is 4.01. The van der Waals surface area contributed by atoms with Gasteiger partial charge in [-0.2, -0.15) is 0 Å². The maximum absolute atomic E-state index is 13.3. The molecule has 7 heteroatoms. The van der Waals surface area contributed by atoms with Crippen molar-refractivity contribution in [2.45, 2.75) is 70.9 Å². The second-order valence-electron chi connectivity index (χ2n) is 9.37. The van der Waals surface area contributed by atoms with E-state index in [4.69, 9.17) is 0 Å². The number of tetrazole rings is 1. The summed E-state index contributed by atoms with van der Waals surface area (Å²) in [6.07, 6.45) is 7.88. The van der Waals surface area contributed by atoms with Crippen LogP contribution in [0.5, 0.6) is 0 Å². The Morgan fingerprint density at radius 3 is 2.65 bits per heavy atom. The lowest BCUT2D eigenvalue weighted by molar-refractivity contribution is 0.147. The zero-order valence-electron chi connectivity index (χ0n) is 18.5. The highest BCUT2D eigenvalue weighted by molar-refractivity contribution is 5.80. The number of pyridine rings is 1. The lowest BCUT2D eigenvalue weighted by atomic mass is 9.95. The van der Waals surface area contributed by atoms with Gasteiger partial charge >= 0.3 is 0 Å². The van der Waals surface area contributed by atoms with Gasteiger partial charge in [0.15, 0.2) is 5.82 Å². The quantitative estimate of drug-likeness (QED) is 0.674. The van der Waals surface area contributed by atoms with Crippen molar-refractivity contribution in [3.8, 4) is 0 Å². The Morgan fingerprint density at radius 1 is 1.13 bits per heavy atom. The minimum Gasteiger partial charge on any atom is -0.322 e. The summed E-state index contributed by atoms with van der Waals surface area (Å²) < 4.78 is 2.02. The second kappa shape index (κ2) is 8.54. The third-order valence-corrected chi connectivity index (χ3v) is 7.26. The average molecular weight is 421 g/mol. The molecule has 0 bridgehead atoms. The van der Waals surface area contributed by atoms with E-state index < -0.39 is 0 Å². The van der Waals surface area contributed by atoms with Crippen molar-refractivity contribution >= 4 is 10.9 Å². The minimum atomic E-state index is -0.221. The standard InChI is InChI=1S/C24H32N6O/c1-3-17-8-9-21-18(14-17)15-20(24(31)25-21)22(29-12-10-16(2)11-13-29)23-26-27-28-30(23)19-6-4-5-7-19/h8-9,14-16,19,22H,3-7,10-13H2,1-2H3,(H,25,31)/t22-/m0/s1. The fourth-order valence-corrected chi connectivity index (χ4v) is 5.27. The molecule has 1 N–H and O–H groups in total. The maximum atomic E-state index is 13.3. The Kier molecular flexibility index (Phi) is 5.61. The van der Waals surface area contributed by atoms with E-state index in [2.05, 4.69) is 57.5 Å². The molecule has 0 spiro atoms. The van der Waals surface area contributed by atoms with Gasteiger partial charge in [-0.15, -0.1) is 5.10 Å². The van der Waals surface area contributed by atoms with Crippen LogP contribution >= 0.6 is 0 Å². The lowest BCUT2D eigenvalue weighted by Crippen LogP contribution is -2.40. The molecule has 3 aromatic rings. The number of rotatable bonds is 5. The third kappa shape index (κ3) is 3.91. The Balaban J connectivity index is 1.63. The first-order chi connectivity index (χ1) is 15.1. The highest BCUT2D eigenvalue weighted by Crippen LogP contribution is 2.35. The summed E-state index contributed by atoms with van der Waals surface area (Å²) in [5.74, 6) is 1.53. The first kappa shape index (κ1) is 20.4. The molecule has 164 valence electrons. The van der Waals surface area contributed by atoms with E-state index in [0.29, 0.717) is 12.0 Å². The molecule has 31 heavy (non-hydrogen) atoms. The normalized spacial score (nSPS) is 19.9. The molecule has 2 fully saturated rings. The molecule has 1 atom stereocenters. The summed E-state index contributed by atoms with van der Waals surface area (Å²) in [4.78, 5) is 18.8. The summed E-state index contributed by atoms with van der Waals surface area (Å²) >= 11 is 0. The van der Waals surface area contributed by atoms with E-state index in [0.717, 1.165) is 67.5 Å². The van der Waals surface area contributed by atoms with Gasteiger partial charge in [0.25, 0.3) is 5.56 Å². The van der Waals surface area contributed by atoms with Gasteiger partial charge in [-0.25, -0.2) is 4.68 Å². The van der Waals surface area contributed by atoms with Gasteiger partial charge in [0, 0.05) is 11.1 Å². The van der Waals surface area contributed by atoms with Crippen LogP contribution in [0.15, 0.2) is 29.1 Å². The van der Waals surface area contributed by atoms with Gasteiger partial charge in [-0.3, -0.25) is 9.69 Å². The molecule has 0 unspecified atom stereocenters. The number of fused-ring (bicyclic) bond motifs is 1. The highest BCUT2D eigenvalue weighted by atomic mass is 16.1. The Labute approximate surface area is 182 Å². The Hall–Kier alpha value is -2.54. The molecule has 3 heterocycles. The molecule has 1 saturated carbocycles. The third-order valence-electron chi connectivity index (χ3n) is 7.26. The van der Waals surface area contributed by atoms with E-state index in [9.17, 15) is 4.79 Å². The molecule has 1 aromatic carbocycles. The number of hydrogen-bond donors (Lipinski definition) is 1. The first-order valence-electron chi connectivity index (χ1n) is 11.8. The number of hydrogen-bond acceptors (Lipinski definition) is 5. The average Bonchev–Trinajstić information content (AvgIpc) is 3.47. The van der Waals surface area contributed by atoms with E-state index in [-0.39, 0.29) is 11.6 Å². The Morgan fingerprint density at radius 2 is 1.90 bits per heavy atom. The van der Waals surface area contributed by atoms with Gasteiger partial charge in [-0.1, -0.05) is 32.8 Å². The van der Waals surface area contributed by atoms with Crippen LogP contribution in [0, 0.1) is 5.92 Å². The molecule has 1 aliphatic carbocycles. The number of piperidine rings is 1. The van der Waals surface area contributed by atoms with E-state index in [1.807, 2.05) is 10.7 Å². The number of nitrogens with one attached hydrogen (secondary N) is 1. The molecule has 0 amide bonds. The molecule has 0 radical (unpaired) electrons. The maximum Gasteiger partial charge on any atom is 0.253 e. The molecule has 1 saturated heterocycles. The van der Waals surface area contributed by atoms with Gasteiger partial charge in [0.1, 0.15) is 6.04 Å². The molecule has 5 rings (SSSR count). The van der Waals surface area contributed by atoms with Crippen LogP contribution in [0.4, 0.5) is 0 Å². The molecular weight excluding hydrogens is 388 g/mol. The van der Waals surface area contributed by atoms with Gasteiger partial charge in [-0.05, 0) is 90.7 Å².